The molecule has 1 aromatic heterocycles. The number of hydrazine groups is 1. The Morgan fingerprint density at radius 1 is 1.31 bits per heavy atom. The van der Waals surface area contributed by atoms with Crippen LogP contribution in [0, 0.1) is 12.8 Å². The van der Waals surface area contributed by atoms with E-state index in [1.54, 1.807) is 0 Å². The van der Waals surface area contributed by atoms with Crippen LogP contribution < -0.4 is 16.2 Å². The molecule has 2 heterocycles. The molecule has 1 aromatic carbocycles. The van der Waals surface area contributed by atoms with Gasteiger partial charge in [-0.1, -0.05) is 36.8 Å². The zero-order chi connectivity index (χ0) is 17.9. The Kier molecular flexibility index (Phi) is 5.04. The summed E-state index contributed by atoms with van der Waals surface area (Å²) in [7, 11) is 0. The number of rotatable bonds is 6. The maximum atomic E-state index is 13.0. The highest BCUT2D eigenvalue weighted by molar-refractivity contribution is 5.83. The molecule has 4 unspecified atom stereocenters. The zero-order valence-electron chi connectivity index (χ0n) is 15.2. The molecule has 2 aliphatic rings. The summed E-state index contributed by atoms with van der Waals surface area (Å²) < 4.78 is 2.13. The second-order valence-electron chi connectivity index (χ2n) is 7.40. The third-order valence-electron chi connectivity index (χ3n) is 5.81. The van der Waals surface area contributed by atoms with Crippen LogP contribution in [0.5, 0.6) is 0 Å². The highest BCUT2D eigenvalue weighted by atomic mass is 16.2. The molecular weight excluding hydrogens is 326 g/mol. The SMILES string of the molecule is Cc1nccn1CCC(NC(=O)C1NNC2CCCC21)c1ccccc1. The van der Waals surface area contributed by atoms with Crippen molar-refractivity contribution in [2.75, 3.05) is 0 Å². The first kappa shape index (κ1) is 17.2. The highest BCUT2D eigenvalue weighted by Crippen LogP contribution is 2.32. The van der Waals surface area contributed by atoms with Gasteiger partial charge in [0, 0.05) is 30.9 Å². The number of fused-ring (bicyclic) bond motifs is 1. The predicted molar refractivity (Wildman–Crippen MR) is 100 cm³/mol. The molecule has 3 N–H and O–H groups in total. The monoisotopic (exact) mass is 353 g/mol. The molecule has 0 bridgehead atoms. The molecule has 2 fully saturated rings. The number of carbonyl (C=O) groups excluding carboxylic acids is 1. The van der Waals surface area contributed by atoms with Gasteiger partial charge in [-0.2, -0.15) is 0 Å². The lowest BCUT2D eigenvalue weighted by molar-refractivity contribution is -0.124. The number of aryl methyl sites for hydroxylation is 2. The Balaban J connectivity index is 1.46. The Labute approximate surface area is 154 Å². The average Bonchev–Trinajstić information content (AvgIpc) is 3.36. The standard InChI is InChI=1S/C20H27N5O/c1-14-21-11-13-25(14)12-10-17(15-6-3-2-4-7-15)22-20(26)19-16-8-5-9-18(16)23-24-19/h2-4,6-7,11,13,16-19,23-24H,5,8-10,12H2,1H3,(H,22,26). The fourth-order valence-corrected chi connectivity index (χ4v) is 4.31. The lowest BCUT2D eigenvalue weighted by Crippen LogP contribution is -2.46. The molecule has 6 heteroatoms. The van der Waals surface area contributed by atoms with Crippen LogP contribution in [0.15, 0.2) is 42.7 Å². The molecular formula is C20H27N5O. The van der Waals surface area contributed by atoms with Crippen molar-refractivity contribution in [2.24, 2.45) is 5.92 Å². The fourth-order valence-electron chi connectivity index (χ4n) is 4.31. The van der Waals surface area contributed by atoms with E-state index >= 15 is 0 Å². The van der Waals surface area contributed by atoms with Crippen LogP contribution in [-0.2, 0) is 11.3 Å². The smallest absolute Gasteiger partial charge is 0.239 e. The minimum absolute atomic E-state index is 0.00671. The van der Waals surface area contributed by atoms with Crippen LogP contribution in [0.25, 0.3) is 0 Å². The first-order chi connectivity index (χ1) is 12.7. The largest absolute Gasteiger partial charge is 0.348 e. The van der Waals surface area contributed by atoms with Gasteiger partial charge < -0.3 is 9.88 Å². The van der Waals surface area contributed by atoms with E-state index in [-0.39, 0.29) is 18.0 Å². The van der Waals surface area contributed by atoms with Crippen molar-refractivity contribution in [3.8, 4) is 0 Å². The van der Waals surface area contributed by atoms with Gasteiger partial charge in [-0.25, -0.2) is 10.4 Å². The third-order valence-corrected chi connectivity index (χ3v) is 5.81. The number of amides is 1. The normalized spacial score (nSPS) is 25.8. The van der Waals surface area contributed by atoms with E-state index < -0.39 is 0 Å². The van der Waals surface area contributed by atoms with Crippen molar-refractivity contribution in [1.82, 2.24) is 25.7 Å². The van der Waals surface area contributed by atoms with Crippen molar-refractivity contribution in [2.45, 2.75) is 57.3 Å². The molecule has 4 rings (SSSR count). The molecule has 1 amide bonds. The van der Waals surface area contributed by atoms with Crippen molar-refractivity contribution in [3.05, 3.63) is 54.1 Å². The van der Waals surface area contributed by atoms with Gasteiger partial charge in [-0.15, -0.1) is 0 Å². The molecule has 6 nitrogen and oxygen atoms in total. The van der Waals surface area contributed by atoms with Gasteiger partial charge in [0.25, 0.3) is 0 Å². The van der Waals surface area contributed by atoms with Crippen LogP contribution >= 0.6 is 0 Å². The molecule has 1 aliphatic carbocycles. The lowest BCUT2D eigenvalue weighted by Gasteiger charge is -2.23. The molecule has 0 radical (unpaired) electrons. The van der Waals surface area contributed by atoms with Crippen molar-refractivity contribution in [3.63, 3.8) is 0 Å². The molecule has 1 aliphatic heterocycles. The molecule has 0 spiro atoms. The van der Waals surface area contributed by atoms with E-state index in [0.717, 1.165) is 37.2 Å². The van der Waals surface area contributed by atoms with Gasteiger partial charge in [0.1, 0.15) is 11.9 Å². The number of nitrogens with zero attached hydrogens (tertiary/aromatic N) is 2. The second-order valence-corrected chi connectivity index (χ2v) is 7.40. The minimum atomic E-state index is -0.135. The van der Waals surface area contributed by atoms with E-state index in [0.29, 0.717) is 12.0 Å². The number of hydrogen-bond donors (Lipinski definition) is 3. The van der Waals surface area contributed by atoms with Crippen LogP contribution in [-0.4, -0.2) is 27.5 Å². The summed E-state index contributed by atoms with van der Waals surface area (Å²) in [5.41, 5.74) is 7.66. The van der Waals surface area contributed by atoms with Gasteiger partial charge in [0.05, 0.1) is 6.04 Å². The molecule has 138 valence electrons. The maximum Gasteiger partial charge on any atom is 0.239 e. The summed E-state index contributed by atoms with van der Waals surface area (Å²) in [5, 5.41) is 3.29. The Morgan fingerprint density at radius 2 is 2.15 bits per heavy atom. The Morgan fingerprint density at radius 3 is 2.92 bits per heavy atom. The van der Waals surface area contributed by atoms with Crippen molar-refractivity contribution < 1.29 is 4.79 Å². The third kappa shape index (κ3) is 3.52. The van der Waals surface area contributed by atoms with Gasteiger partial charge in [0.2, 0.25) is 5.91 Å². The van der Waals surface area contributed by atoms with Gasteiger partial charge >= 0.3 is 0 Å². The number of aromatic nitrogens is 2. The lowest BCUT2D eigenvalue weighted by atomic mass is 9.95. The molecule has 4 atom stereocenters. The zero-order valence-corrected chi connectivity index (χ0v) is 15.2. The topological polar surface area (TPSA) is 71.0 Å². The summed E-state index contributed by atoms with van der Waals surface area (Å²) in [6.45, 7) is 2.83. The maximum absolute atomic E-state index is 13.0. The first-order valence-electron chi connectivity index (χ1n) is 9.56. The number of carbonyl (C=O) groups is 1. The van der Waals surface area contributed by atoms with E-state index in [4.69, 9.17) is 0 Å². The highest BCUT2D eigenvalue weighted by Gasteiger charge is 2.42. The summed E-state index contributed by atoms with van der Waals surface area (Å²) in [6, 6.07) is 10.5. The molecule has 2 aromatic rings. The Hall–Kier alpha value is -2.18. The van der Waals surface area contributed by atoms with E-state index in [9.17, 15) is 4.79 Å². The van der Waals surface area contributed by atoms with Crippen LogP contribution in [0.2, 0.25) is 0 Å². The summed E-state index contributed by atoms with van der Waals surface area (Å²) in [4.78, 5) is 17.3. The van der Waals surface area contributed by atoms with Crippen molar-refractivity contribution in [1.29, 1.82) is 0 Å². The number of imidazole rings is 1. The second kappa shape index (κ2) is 7.60. The number of hydrogen-bond acceptors (Lipinski definition) is 4. The minimum Gasteiger partial charge on any atom is -0.348 e. The summed E-state index contributed by atoms with van der Waals surface area (Å²) >= 11 is 0. The van der Waals surface area contributed by atoms with Crippen LogP contribution in [0.1, 0.15) is 43.1 Å². The van der Waals surface area contributed by atoms with Gasteiger partial charge in [-0.05, 0) is 31.7 Å². The summed E-state index contributed by atoms with van der Waals surface area (Å²) in [6.07, 6.45) is 8.12. The Bertz CT molecular complexity index is 744. The van der Waals surface area contributed by atoms with Crippen molar-refractivity contribution >= 4 is 5.91 Å². The van der Waals surface area contributed by atoms with Crippen LogP contribution in [0.3, 0.4) is 0 Å². The first-order valence-corrected chi connectivity index (χ1v) is 9.56. The van der Waals surface area contributed by atoms with E-state index in [1.807, 2.05) is 37.5 Å². The molecule has 26 heavy (non-hydrogen) atoms. The average molecular weight is 353 g/mol. The van der Waals surface area contributed by atoms with Gasteiger partial charge in [0.15, 0.2) is 0 Å². The quantitative estimate of drug-likeness (QED) is 0.744. The molecule has 1 saturated carbocycles. The fraction of sp³-hybridized carbons (Fsp3) is 0.500. The molecule has 1 saturated heterocycles. The predicted octanol–water partition coefficient (Wildman–Crippen LogP) is 2.08. The summed E-state index contributed by atoms with van der Waals surface area (Å²) in [5.74, 6) is 1.50. The van der Waals surface area contributed by atoms with E-state index in [2.05, 4.69) is 37.9 Å². The van der Waals surface area contributed by atoms with Crippen LogP contribution in [0.4, 0.5) is 0 Å². The van der Waals surface area contributed by atoms with Gasteiger partial charge in [-0.3, -0.25) is 10.2 Å². The van der Waals surface area contributed by atoms with E-state index in [1.165, 1.54) is 6.42 Å². The number of nitrogens with one attached hydrogen (secondary N) is 3. The number of benzene rings is 1.